The first-order chi connectivity index (χ1) is 13.6. The van der Waals surface area contributed by atoms with Crippen molar-refractivity contribution >= 4 is 16.9 Å². The van der Waals surface area contributed by atoms with Crippen LogP contribution >= 0.6 is 0 Å². The number of hydrogen-bond acceptors (Lipinski definition) is 5. The molecule has 8 nitrogen and oxygen atoms in total. The molecule has 0 atom stereocenters. The molecular weight excluding hydrogens is 391 g/mol. The summed E-state index contributed by atoms with van der Waals surface area (Å²) in [5, 5.41) is 2.66. The van der Waals surface area contributed by atoms with Crippen LogP contribution < -0.4 is 16.6 Å². The van der Waals surface area contributed by atoms with Gasteiger partial charge in [0.25, 0.3) is 5.56 Å². The fourth-order valence-corrected chi connectivity index (χ4v) is 3.48. The molecular formula is C18H22F3N5O3. The number of likely N-dealkylation sites (tertiary alicyclic amines) is 1. The van der Waals surface area contributed by atoms with Gasteiger partial charge in [0.1, 0.15) is 17.9 Å². The average molecular weight is 413 g/mol. The van der Waals surface area contributed by atoms with Gasteiger partial charge in [-0.3, -0.25) is 18.7 Å². The molecule has 158 valence electrons. The standard InChI is InChI=1S/C18H22F3N5O3/c1-3-25-8-6-11(7-9-25)22-14(27)10-26-16(28)12-4-5-13(18(19,20)21)23-15(12)24(2)17(26)29/h4-5,11H,3,6-10H2,1-2H3,(H,22,27). The number of halogens is 3. The third-order valence-electron chi connectivity index (χ3n) is 5.18. The van der Waals surface area contributed by atoms with Crippen molar-refractivity contribution in [2.24, 2.45) is 7.05 Å². The van der Waals surface area contributed by atoms with Crippen molar-refractivity contribution in [1.29, 1.82) is 0 Å². The van der Waals surface area contributed by atoms with E-state index in [4.69, 9.17) is 0 Å². The highest BCUT2D eigenvalue weighted by molar-refractivity contribution is 5.77. The number of piperidine rings is 1. The molecule has 29 heavy (non-hydrogen) atoms. The maximum Gasteiger partial charge on any atom is 0.433 e. The Labute approximate surface area is 163 Å². The number of aryl methyl sites for hydroxylation is 1. The van der Waals surface area contributed by atoms with E-state index < -0.39 is 35.6 Å². The van der Waals surface area contributed by atoms with Gasteiger partial charge in [0.15, 0.2) is 0 Å². The van der Waals surface area contributed by atoms with Crippen molar-refractivity contribution in [1.82, 2.24) is 24.3 Å². The summed E-state index contributed by atoms with van der Waals surface area (Å²) < 4.78 is 40.2. The van der Waals surface area contributed by atoms with Crippen molar-refractivity contribution in [2.75, 3.05) is 19.6 Å². The monoisotopic (exact) mass is 413 g/mol. The number of rotatable bonds is 4. The number of fused-ring (bicyclic) bond motifs is 1. The number of amides is 1. The van der Waals surface area contributed by atoms with Crippen LogP contribution in [0.4, 0.5) is 13.2 Å². The molecule has 2 aromatic heterocycles. The molecule has 0 aromatic carbocycles. The van der Waals surface area contributed by atoms with Crippen molar-refractivity contribution in [3.63, 3.8) is 0 Å². The molecule has 1 aliphatic heterocycles. The smallest absolute Gasteiger partial charge is 0.352 e. The summed E-state index contributed by atoms with van der Waals surface area (Å²) in [6.07, 6.45) is -3.16. The van der Waals surface area contributed by atoms with Crippen molar-refractivity contribution in [3.8, 4) is 0 Å². The summed E-state index contributed by atoms with van der Waals surface area (Å²) >= 11 is 0. The van der Waals surface area contributed by atoms with E-state index in [1.807, 2.05) is 0 Å². The third kappa shape index (κ3) is 4.34. The quantitative estimate of drug-likeness (QED) is 0.798. The number of nitrogens with one attached hydrogen (secondary N) is 1. The fourth-order valence-electron chi connectivity index (χ4n) is 3.48. The predicted molar refractivity (Wildman–Crippen MR) is 99.5 cm³/mol. The molecule has 0 saturated carbocycles. The molecule has 3 heterocycles. The van der Waals surface area contributed by atoms with Crippen LogP contribution in [0.2, 0.25) is 0 Å². The van der Waals surface area contributed by atoms with Gasteiger partial charge in [0, 0.05) is 26.2 Å². The molecule has 3 rings (SSSR count). The lowest BCUT2D eigenvalue weighted by atomic mass is 10.1. The second-order valence-corrected chi connectivity index (χ2v) is 7.07. The van der Waals surface area contributed by atoms with E-state index >= 15 is 0 Å². The third-order valence-corrected chi connectivity index (χ3v) is 5.18. The van der Waals surface area contributed by atoms with Gasteiger partial charge in [0.2, 0.25) is 5.91 Å². The molecule has 0 bridgehead atoms. The highest BCUT2D eigenvalue weighted by Gasteiger charge is 2.33. The zero-order valence-electron chi connectivity index (χ0n) is 16.1. The Morgan fingerprint density at radius 1 is 1.24 bits per heavy atom. The summed E-state index contributed by atoms with van der Waals surface area (Å²) in [5.41, 5.74) is -3.32. The van der Waals surface area contributed by atoms with Crippen LogP contribution in [-0.2, 0) is 24.6 Å². The molecule has 2 aromatic rings. The van der Waals surface area contributed by atoms with Crippen LogP contribution in [0, 0.1) is 0 Å². The van der Waals surface area contributed by atoms with Crippen LogP contribution in [0.3, 0.4) is 0 Å². The molecule has 1 N–H and O–H groups in total. The number of aromatic nitrogens is 3. The maximum absolute atomic E-state index is 12.9. The van der Waals surface area contributed by atoms with E-state index in [1.54, 1.807) is 0 Å². The Bertz CT molecular complexity index is 1040. The number of nitrogens with zero attached hydrogens (tertiary/aromatic N) is 4. The molecule has 1 amide bonds. The summed E-state index contributed by atoms with van der Waals surface area (Å²) in [6, 6.07) is 1.61. The number of hydrogen-bond donors (Lipinski definition) is 1. The Morgan fingerprint density at radius 2 is 1.90 bits per heavy atom. The molecule has 1 fully saturated rings. The van der Waals surface area contributed by atoms with Gasteiger partial charge in [-0.1, -0.05) is 6.92 Å². The fraction of sp³-hybridized carbons (Fsp3) is 0.556. The van der Waals surface area contributed by atoms with Gasteiger partial charge in [-0.15, -0.1) is 0 Å². The van der Waals surface area contributed by atoms with E-state index in [-0.39, 0.29) is 17.1 Å². The first kappa shape index (κ1) is 21.0. The van der Waals surface area contributed by atoms with Crippen LogP contribution in [0.15, 0.2) is 21.7 Å². The predicted octanol–water partition coefficient (Wildman–Crippen LogP) is 0.714. The largest absolute Gasteiger partial charge is 0.433 e. The first-order valence-electron chi connectivity index (χ1n) is 9.31. The minimum absolute atomic E-state index is 0.0404. The number of alkyl halides is 3. The van der Waals surface area contributed by atoms with Gasteiger partial charge in [0.05, 0.1) is 5.39 Å². The van der Waals surface area contributed by atoms with E-state index in [1.165, 1.54) is 7.05 Å². The normalized spacial score (nSPS) is 16.3. The van der Waals surface area contributed by atoms with Crippen LogP contribution in [-0.4, -0.2) is 50.6 Å². The van der Waals surface area contributed by atoms with Crippen molar-refractivity contribution < 1.29 is 18.0 Å². The molecule has 1 saturated heterocycles. The van der Waals surface area contributed by atoms with E-state index in [0.717, 1.165) is 43.1 Å². The van der Waals surface area contributed by atoms with Crippen molar-refractivity contribution in [3.05, 3.63) is 38.7 Å². The number of carbonyl (C=O) groups is 1. The number of pyridine rings is 1. The average Bonchev–Trinajstić information content (AvgIpc) is 2.69. The summed E-state index contributed by atoms with van der Waals surface area (Å²) in [6.45, 7) is 4.20. The summed E-state index contributed by atoms with van der Waals surface area (Å²) in [5.74, 6) is -0.488. The molecule has 0 radical (unpaired) electrons. The van der Waals surface area contributed by atoms with Crippen LogP contribution in [0.25, 0.3) is 11.0 Å². The topological polar surface area (TPSA) is 89.2 Å². The van der Waals surface area contributed by atoms with Gasteiger partial charge in [-0.25, -0.2) is 9.78 Å². The Balaban J connectivity index is 1.85. The zero-order chi connectivity index (χ0) is 21.3. The second kappa shape index (κ2) is 7.97. The molecule has 0 unspecified atom stereocenters. The minimum atomic E-state index is -4.70. The van der Waals surface area contributed by atoms with Gasteiger partial charge >= 0.3 is 11.9 Å². The zero-order valence-corrected chi connectivity index (χ0v) is 16.1. The van der Waals surface area contributed by atoms with E-state index in [9.17, 15) is 27.6 Å². The van der Waals surface area contributed by atoms with Crippen molar-refractivity contribution in [2.45, 2.75) is 38.5 Å². The lowest BCUT2D eigenvalue weighted by molar-refractivity contribution is -0.141. The first-order valence-corrected chi connectivity index (χ1v) is 9.31. The van der Waals surface area contributed by atoms with Gasteiger partial charge in [-0.2, -0.15) is 13.2 Å². The number of carbonyl (C=O) groups excluding carboxylic acids is 1. The summed E-state index contributed by atoms with van der Waals surface area (Å²) in [7, 11) is 1.21. The minimum Gasteiger partial charge on any atom is -0.352 e. The lowest BCUT2D eigenvalue weighted by Crippen LogP contribution is -2.48. The second-order valence-electron chi connectivity index (χ2n) is 7.07. The van der Waals surface area contributed by atoms with E-state index in [2.05, 4.69) is 22.1 Å². The van der Waals surface area contributed by atoms with Gasteiger partial charge < -0.3 is 10.2 Å². The van der Waals surface area contributed by atoms with Gasteiger partial charge in [-0.05, 0) is 31.5 Å². The maximum atomic E-state index is 12.9. The van der Waals surface area contributed by atoms with Crippen LogP contribution in [0.1, 0.15) is 25.5 Å². The summed E-state index contributed by atoms with van der Waals surface area (Å²) in [4.78, 5) is 43.2. The SMILES string of the molecule is CCN1CCC(NC(=O)Cn2c(=O)c3ccc(C(F)(F)F)nc3n(C)c2=O)CC1. The Kier molecular flexibility index (Phi) is 5.78. The lowest BCUT2D eigenvalue weighted by Gasteiger charge is -2.31. The molecule has 0 spiro atoms. The molecule has 1 aliphatic rings. The highest BCUT2D eigenvalue weighted by Crippen LogP contribution is 2.28. The Hall–Kier alpha value is -2.69. The molecule has 11 heteroatoms. The Morgan fingerprint density at radius 3 is 2.48 bits per heavy atom. The highest BCUT2D eigenvalue weighted by atomic mass is 19.4. The van der Waals surface area contributed by atoms with E-state index in [0.29, 0.717) is 10.6 Å². The molecule has 0 aliphatic carbocycles. The van der Waals surface area contributed by atoms with Crippen LogP contribution in [0.5, 0.6) is 0 Å².